The third-order valence-electron chi connectivity index (χ3n) is 11.4. The Balaban J connectivity index is -0.00000833. The predicted octanol–water partition coefficient (Wildman–Crippen LogP) is 7.43. The molecule has 1 saturated heterocycles. The molecule has 1 aliphatic heterocycles. The lowest BCUT2D eigenvalue weighted by atomic mass is 10.0. The van der Waals surface area contributed by atoms with Gasteiger partial charge in [0.15, 0.2) is 6.67 Å². The van der Waals surface area contributed by atoms with E-state index < -0.39 is 0 Å². The molecular weight excluding hydrogens is 699 g/mol. The number of hydrogen-bond donors (Lipinski definition) is 2. The van der Waals surface area contributed by atoms with E-state index in [9.17, 15) is 9.59 Å². The van der Waals surface area contributed by atoms with Gasteiger partial charge in [0.2, 0.25) is 11.8 Å². The van der Waals surface area contributed by atoms with Crippen molar-refractivity contribution in [1.29, 1.82) is 0 Å². The van der Waals surface area contributed by atoms with Crippen LogP contribution in [0, 0.1) is 0 Å². The Morgan fingerprint density at radius 2 is 0.887 bits per heavy atom. The molecule has 0 saturated carbocycles. The molecule has 0 bridgehead atoms. The number of carbonyl (C=O) groups excluding carboxylic acids is 2. The summed E-state index contributed by atoms with van der Waals surface area (Å²) in [5, 5.41) is 3.20. The highest BCUT2D eigenvalue weighted by atomic mass is 35.5. The zero-order valence-corrected chi connectivity index (χ0v) is 37.8. The number of hydrogen-bond acceptors (Lipinski definition) is 2. The number of nitrogens with zero attached hydrogens (tertiary/aromatic N) is 2. The van der Waals surface area contributed by atoms with Gasteiger partial charge in [-0.15, -0.1) is 0 Å². The summed E-state index contributed by atoms with van der Waals surface area (Å²) in [6, 6.07) is 0. The Hall–Kier alpha value is -0.560. The van der Waals surface area contributed by atoms with Crippen LogP contribution in [0.2, 0.25) is 0 Å². The summed E-state index contributed by atoms with van der Waals surface area (Å²) in [5.41, 5.74) is 0. The second-order valence-corrected chi connectivity index (χ2v) is 16.7. The molecule has 1 aliphatic rings. The second-order valence-electron chi connectivity index (χ2n) is 16.7. The zero-order valence-electron chi connectivity index (χ0n) is 36.3. The number of rotatable bonds is 39. The molecule has 8 heteroatoms. The van der Waals surface area contributed by atoms with Crippen molar-refractivity contribution in [2.45, 2.75) is 239 Å². The summed E-state index contributed by atoms with van der Waals surface area (Å²) in [5.74, 6) is 0.555. The van der Waals surface area contributed by atoms with Gasteiger partial charge in [-0.25, -0.2) is 0 Å². The van der Waals surface area contributed by atoms with Crippen LogP contribution in [-0.2, 0) is 9.59 Å². The number of nitrogens with one attached hydrogen (secondary N) is 1. The van der Waals surface area contributed by atoms with Crippen LogP contribution in [0.5, 0.6) is 0 Å². The van der Waals surface area contributed by atoms with E-state index in [1.54, 1.807) is 0 Å². The summed E-state index contributed by atoms with van der Waals surface area (Å²) in [6.07, 6.45) is 46.0. The fourth-order valence-corrected chi connectivity index (χ4v) is 7.99. The Morgan fingerprint density at radius 1 is 0.547 bits per heavy atom. The van der Waals surface area contributed by atoms with Gasteiger partial charge in [0, 0.05) is 32.4 Å². The fraction of sp³-hybridized carbons (Fsp3) is 0.956. The standard InChI is InChI=1S/C45H89N3O2.2ClH.H3N/c1-4-6-8-10-12-14-16-18-20-22-24-26-28-30-32-34-41-48(3,43-47-40-35-38-45(47)50)42-36-39-46-44(49)37-33-31-29-27-25-23-21-19-17-15-13-11-9-7-5-2;;;/h4-43H2,1-3H3;2*1H;1H3. The molecule has 0 aromatic heterocycles. The van der Waals surface area contributed by atoms with E-state index in [0.29, 0.717) is 18.7 Å². The number of unbranched alkanes of at least 4 members (excludes halogenated alkanes) is 29. The first-order valence-corrected chi connectivity index (χ1v) is 22.9. The van der Waals surface area contributed by atoms with Crippen molar-refractivity contribution >= 4 is 11.8 Å². The van der Waals surface area contributed by atoms with E-state index >= 15 is 0 Å². The largest absolute Gasteiger partial charge is 1.00 e. The second kappa shape index (κ2) is 42.6. The molecule has 5 N–H and O–H groups in total. The monoisotopic (exact) mass is 793 g/mol. The molecule has 53 heavy (non-hydrogen) atoms. The van der Waals surface area contributed by atoms with Crippen LogP contribution in [0.1, 0.15) is 239 Å². The van der Waals surface area contributed by atoms with Crippen molar-refractivity contribution in [3.05, 3.63) is 0 Å². The molecule has 1 rings (SSSR count). The molecule has 6 nitrogen and oxygen atoms in total. The summed E-state index contributed by atoms with van der Waals surface area (Å²) in [6.45, 7) is 9.27. The van der Waals surface area contributed by atoms with E-state index in [0.717, 1.165) is 56.6 Å². The molecule has 0 radical (unpaired) electrons. The van der Waals surface area contributed by atoms with Crippen LogP contribution in [-0.4, -0.2) is 61.1 Å². The Morgan fingerprint density at radius 3 is 1.25 bits per heavy atom. The number of carbonyl (C=O) groups is 2. The smallest absolute Gasteiger partial charge is 0.226 e. The third kappa shape index (κ3) is 36.8. The maximum Gasteiger partial charge on any atom is 0.226 e. The molecule has 2 amide bonds. The topological polar surface area (TPSA) is 85.9 Å². The molecule has 1 fully saturated rings. The SMILES string of the molecule is CCCCCCCCCCCCCCCCCC[N+](C)(CCCNC(=O)CCCCCCCCCCCCCCCCC)CN1CCCC1=O.[Cl-].[Cl-].[NH4+]. The quantitative estimate of drug-likeness (QED) is 0.0502. The normalized spacial score (nSPS) is 13.6. The highest BCUT2D eigenvalue weighted by molar-refractivity contribution is 5.77. The van der Waals surface area contributed by atoms with Crippen molar-refractivity contribution in [3.63, 3.8) is 0 Å². The maximum absolute atomic E-state index is 12.5. The zero-order chi connectivity index (χ0) is 36.2. The van der Waals surface area contributed by atoms with Crippen LogP contribution < -0.4 is 36.3 Å². The van der Waals surface area contributed by atoms with E-state index in [2.05, 4.69) is 31.1 Å². The highest BCUT2D eigenvalue weighted by Gasteiger charge is 2.29. The van der Waals surface area contributed by atoms with Crippen molar-refractivity contribution in [2.24, 2.45) is 0 Å². The number of halogens is 2. The first-order chi connectivity index (χ1) is 24.5. The lowest BCUT2D eigenvalue weighted by Crippen LogP contribution is -3.00. The first-order valence-electron chi connectivity index (χ1n) is 22.9. The number of quaternary nitrogens is 2. The Kier molecular flexibility index (Phi) is 45.6. The average molecular weight is 794 g/mol. The highest BCUT2D eigenvalue weighted by Crippen LogP contribution is 2.18. The van der Waals surface area contributed by atoms with Crippen LogP contribution in [0.3, 0.4) is 0 Å². The number of likely N-dealkylation sites (tertiary alicyclic amines) is 1. The van der Waals surface area contributed by atoms with Crippen molar-refractivity contribution in [3.8, 4) is 0 Å². The van der Waals surface area contributed by atoms with Crippen molar-refractivity contribution < 1.29 is 38.9 Å². The molecular formula is C45H94Cl2N4O2. The Labute approximate surface area is 344 Å². The molecule has 0 aliphatic carbocycles. The van der Waals surface area contributed by atoms with Crippen LogP contribution in [0.4, 0.5) is 0 Å². The summed E-state index contributed by atoms with van der Waals surface area (Å²) >= 11 is 0. The third-order valence-corrected chi connectivity index (χ3v) is 11.4. The van der Waals surface area contributed by atoms with Crippen LogP contribution >= 0.6 is 0 Å². The molecule has 320 valence electrons. The summed E-state index contributed by atoms with van der Waals surface area (Å²) in [4.78, 5) is 27.0. The molecule has 0 aromatic rings. The average Bonchev–Trinajstić information content (AvgIpc) is 3.51. The molecule has 1 heterocycles. The van der Waals surface area contributed by atoms with E-state index in [1.807, 2.05) is 0 Å². The fourth-order valence-electron chi connectivity index (χ4n) is 7.99. The molecule has 0 aromatic carbocycles. The molecule has 1 unspecified atom stereocenters. The van der Waals surface area contributed by atoms with Gasteiger partial charge in [-0.2, -0.15) is 0 Å². The van der Waals surface area contributed by atoms with Crippen LogP contribution in [0.25, 0.3) is 0 Å². The van der Waals surface area contributed by atoms with Crippen molar-refractivity contribution in [1.82, 2.24) is 16.4 Å². The molecule has 1 atom stereocenters. The van der Waals surface area contributed by atoms with E-state index in [1.165, 1.54) is 193 Å². The Bertz CT molecular complexity index is 775. The van der Waals surface area contributed by atoms with Crippen LogP contribution in [0.15, 0.2) is 0 Å². The van der Waals surface area contributed by atoms with Gasteiger partial charge in [-0.3, -0.25) is 14.5 Å². The predicted molar refractivity (Wildman–Crippen MR) is 224 cm³/mol. The number of amides is 2. The minimum atomic E-state index is 0. The lowest BCUT2D eigenvalue weighted by molar-refractivity contribution is -0.918. The van der Waals surface area contributed by atoms with Gasteiger partial charge < -0.3 is 40.8 Å². The summed E-state index contributed by atoms with van der Waals surface area (Å²) < 4.78 is 0.930. The summed E-state index contributed by atoms with van der Waals surface area (Å²) in [7, 11) is 2.34. The minimum absolute atomic E-state index is 0. The van der Waals surface area contributed by atoms with Gasteiger partial charge in [0.05, 0.1) is 20.1 Å². The van der Waals surface area contributed by atoms with Gasteiger partial charge >= 0.3 is 0 Å². The first kappa shape index (κ1) is 56.8. The van der Waals surface area contributed by atoms with Crippen molar-refractivity contribution in [2.75, 3.05) is 39.9 Å². The van der Waals surface area contributed by atoms with E-state index in [4.69, 9.17) is 0 Å². The maximum atomic E-state index is 12.5. The van der Waals surface area contributed by atoms with E-state index in [-0.39, 0.29) is 36.9 Å². The van der Waals surface area contributed by atoms with Gasteiger partial charge in [-0.1, -0.05) is 194 Å². The lowest BCUT2D eigenvalue weighted by Gasteiger charge is -2.38. The van der Waals surface area contributed by atoms with Gasteiger partial charge in [-0.05, 0) is 25.7 Å². The molecule has 0 spiro atoms. The van der Waals surface area contributed by atoms with Gasteiger partial charge in [0.1, 0.15) is 0 Å². The minimum Gasteiger partial charge on any atom is -1.00 e. The van der Waals surface area contributed by atoms with Gasteiger partial charge in [0.25, 0.3) is 0 Å².